The number of aromatic nitrogens is 1. The van der Waals surface area contributed by atoms with E-state index >= 15 is 0 Å². The first-order valence-electron chi connectivity index (χ1n) is 8.80. The molecule has 0 fully saturated rings. The number of methoxy groups -OCH3 is 1. The summed E-state index contributed by atoms with van der Waals surface area (Å²) in [5, 5.41) is 0. The molecule has 1 heterocycles. The van der Waals surface area contributed by atoms with Crippen LogP contribution < -0.4 is 9.54 Å². The molecular formula is C20H28N2O3S. The van der Waals surface area contributed by atoms with E-state index in [1.54, 1.807) is 30.6 Å². The zero-order valence-corrected chi connectivity index (χ0v) is 17.3. The molecule has 2 aromatic rings. The number of carbonyl (C=O) groups excluding carboxylic acids is 1. The van der Waals surface area contributed by atoms with Crippen LogP contribution in [-0.4, -0.2) is 30.8 Å². The molecule has 142 valence electrons. The van der Waals surface area contributed by atoms with Crippen LogP contribution in [0.1, 0.15) is 48.6 Å². The lowest BCUT2D eigenvalue weighted by Crippen LogP contribution is -2.21. The van der Waals surface area contributed by atoms with Crippen LogP contribution in [0.2, 0.25) is 0 Å². The molecule has 5 nitrogen and oxygen atoms in total. The summed E-state index contributed by atoms with van der Waals surface area (Å²) in [4.78, 5) is 19.2. The SMILES string of the molecule is CCOc1ccccc1C(=O)/N=c1\sc(C(C)(C)C)c(C)n1CCOC. The lowest BCUT2D eigenvalue weighted by Gasteiger charge is -2.17. The van der Waals surface area contributed by atoms with E-state index in [4.69, 9.17) is 9.47 Å². The second-order valence-corrected chi connectivity index (χ2v) is 8.02. The predicted molar refractivity (Wildman–Crippen MR) is 105 cm³/mol. The van der Waals surface area contributed by atoms with Gasteiger partial charge in [0, 0.05) is 24.2 Å². The third-order valence-corrected chi connectivity index (χ3v) is 5.58. The van der Waals surface area contributed by atoms with E-state index in [-0.39, 0.29) is 11.3 Å². The smallest absolute Gasteiger partial charge is 0.283 e. The molecule has 0 radical (unpaired) electrons. The molecule has 0 spiro atoms. The molecule has 0 saturated heterocycles. The van der Waals surface area contributed by atoms with E-state index in [1.807, 2.05) is 19.1 Å². The Labute approximate surface area is 159 Å². The number of carbonyl (C=O) groups is 1. The molecule has 6 heteroatoms. The predicted octanol–water partition coefficient (Wildman–Crippen LogP) is 3.94. The van der Waals surface area contributed by atoms with Crippen molar-refractivity contribution in [1.29, 1.82) is 0 Å². The number of para-hydroxylation sites is 1. The summed E-state index contributed by atoms with van der Waals surface area (Å²) >= 11 is 1.56. The Balaban J connectivity index is 2.54. The minimum atomic E-state index is -0.290. The molecule has 0 aliphatic rings. The van der Waals surface area contributed by atoms with E-state index in [1.165, 1.54) is 4.88 Å². The third kappa shape index (κ3) is 4.62. The van der Waals surface area contributed by atoms with Gasteiger partial charge in [-0.1, -0.05) is 32.9 Å². The fraction of sp³-hybridized carbons (Fsp3) is 0.500. The lowest BCUT2D eigenvalue weighted by molar-refractivity contribution is 0.0993. The Morgan fingerprint density at radius 3 is 2.58 bits per heavy atom. The van der Waals surface area contributed by atoms with E-state index < -0.39 is 0 Å². The molecule has 1 aromatic heterocycles. The van der Waals surface area contributed by atoms with Crippen molar-refractivity contribution in [3.8, 4) is 5.75 Å². The number of hydrogen-bond acceptors (Lipinski definition) is 4. The Kier molecular flexibility index (Phi) is 6.78. The zero-order chi connectivity index (χ0) is 19.3. The van der Waals surface area contributed by atoms with Crippen molar-refractivity contribution >= 4 is 17.2 Å². The van der Waals surface area contributed by atoms with E-state index in [0.29, 0.717) is 35.9 Å². The second kappa shape index (κ2) is 8.64. The van der Waals surface area contributed by atoms with Crippen molar-refractivity contribution in [2.24, 2.45) is 4.99 Å². The first-order valence-corrected chi connectivity index (χ1v) is 9.61. The first-order chi connectivity index (χ1) is 12.3. The Hall–Kier alpha value is -1.92. The van der Waals surface area contributed by atoms with Crippen LogP contribution in [0, 0.1) is 6.92 Å². The molecule has 0 saturated carbocycles. The topological polar surface area (TPSA) is 52.8 Å². The van der Waals surface area contributed by atoms with Gasteiger partial charge in [0.1, 0.15) is 5.75 Å². The molecule has 0 bridgehead atoms. The average molecular weight is 377 g/mol. The fourth-order valence-electron chi connectivity index (χ4n) is 2.78. The second-order valence-electron chi connectivity index (χ2n) is 7.04. The molecule has 26 heavy (non-hydrogen) atoms. The summed E-state index contributed by atoms with van der Waals surface area (Å²) in [5.74, 6) is 0.276. The van der Waals surface area contributed by atoms with Crippen LogP contribution in [0.4, 0.5) is 0 Å². The summed E-state index contributed by atoms with van der Waals surface area (Å²) in [5.41, 5.74) is 1.60. The maximum Gasteiger partial charge on any atom is 0.283 e. The Morgan fingerprint density at radius 1 is 1.27 bits per heavy atom. The molecule has 0 unspecified atom stereocenters. The maximum absolute atomic E-state index is 12.8. The average Bonchev–Trinajstić information content (AvgIpc) is 2.89. The van der Waals surface area contributed by atoms with Gasteiger partial charge >= 0.3 is 0 Å². The number of benzene rings is 1. The fourth-order valence-corrected chi connectivity index (χ4v) is 4.00. The standard InChI is InChI=1S/C20H28N2O3S/c1-7-25-16-11-9-8-10-15(16)18(23)21-19-22(12-13-24-6)14(2)17(26-19)20(3,4)5/h8-11H,7,12-13H2,1-6H3/b21-19-. The minimum absolute atomic E-state index is 0.0103. The van der Waals surface area contributed by atoms with Gasteiger partial charge in [-0.05, 0) is 31.4 Å². The number of ether oxygens (including phenoxy) is 2. The van der Waals surface area contributed by atoms with Gasteiger partial charge in [0.25, 0.3) is 5.91 Å². The van der Waals surface area contributed by atoms with Crippen LogP contribution >= 0.6 is 11.3 Å². The van der Waals surface area contributed by atoms with Crippen LogP contribution in [0.25, 0.3) is 0 Å². The first kappa shape index (κ1) is 20.4. The van der Waals surface area contributed by atoms with Crippen molar-refractivity contribution < 1.29 is 14.3 Å². The normalized spacial score (nSPS) is 12.5. The van der Waals surface area contributed by atoms with Gasteiger partial charge in [-0.15, -0.1) is 11.3 Å². The molecule has 0 aliphatic carbocycles. The Morgan fingerprint density at radius 2 is 1.96 bits per heavy atom. The van der Waals surface area contributed by atoms with E-state index in [9.17, 15) is 4.79 Å². The largest absolute Gasteiger partial charge is 0.493 e. The van der Waals surface area contributed by atoms with Crippen molar-refractivity contribution in [1.82, 2.24) is 4.57 Å². The Bertz CT molecular complexity index is 828. The number of hydrogen-bond donors (Lipinski definition) is 0. The molecule has 0 N–H and O–H groups in total. The van der Waals surface area contributed by atoms with Crippen molar-refractivity contribution in [2.75, 3.05) is 20.3 Å². The van der Waals surface area contributed by atoms with Gasteiger partial charge in [-0.25, -0.2) is 0 Å². The van der Waals surface area contributed by atoms with Gasteiger partial charge < -0.3 is 14.0 Å². The van der Waals surface area contributed by atoms with Crippen molar-refractivity contribution in [3.63, 3.8) is 0 Å². The number of rotatable bonds is 6. The zero-order valence-electron chi connectivity index (χ0n) is 16.5. The molecule has 0 atom stereocenters. The number of nitrogens with zero attached hydrogens (tertiary/aromatic N) is 2. The minimum Gasteiger partial charge on any atom is -0.493 e. The highest BCUT2D eigenvalue weighted by Gasteiger charge is 2.22. The third-order valence-electron chi connectivity index (χ3n) is 3.97. The van der Waals surface area contributed by atoms with Gasteiger partial charge in [-0.3, -0.25) is 4.79 Å². The number of thiazole rings is 1. The van der Waals surface area contributed by atoms with Crippen LogP contribution in [0.3, 0.4) is 0 Å². The highest BCUT2D eigenvalue weighted by molar-refractivity contribution is 7.09. The quantitative estimate of drug-likeness (QED) is 0.767. The number of amides is 1. The van der Waals surface area contributed by atoms with Gasteiger partial charge in [-0.2, -0.15) is 4.99 Å². The molecular weight excluding hydrogens is 348 g/mol. The van der Waals surface area contributed by atoms with E-state index in [0.717, 1.165) is 5.69 Å². The maximum atomic E-state index is 12.8. The molecule has 1 aromatic carbocycles. The summed E-state index contributed by atoms with van der Waals surface area (Å²) in [7, 11) is 1.67. The lowest BCUT2D eigenvalue weighted by atomic mass is 9.93. The highest BCUT2D eigenvalue weighted by atomic mass is 32.1. The van der Waals surface area contributed by atoms with Gasteiger partial charge in [0.15, 0.2) is 4.80 Å². The molecule has 0 aliphatic heterocycles. The summed E-state index contributed by atoms with van der Waals surface area (Å²) in [6, 6.07) is 7.23. The molecule has 2 rings (SSSR count). The van der Waals surface area contributed by atoms with Crippen LogP contribution in [-0.2, 0) is 16.7 Å². The summed E-state index contributed by atoms with van der Waals surface area (Å²) in [6.07, 6.45) is 0. The van der Waals surface area contributed by atoms with Crippen molar-refractivity contribution in [2.45, 2.75) is 46.6 Å². The van der Waals surface area contributed by atoms with Gasteiger partial charge in [0.05, 0.1) is 18.8 Å². The van der Waals surface area contributed by atoms with Gasteiger partial charge in [0.2, 0.25) is 0 Å². The van der Waals surface area contributed by atoms with E-state index in [2.05, 4.69) is 37.3 Å². The van der Waals surface area contributed by atoms with Crippen LogP contribution in [0.15, 0.2) is 29.3 Å². The van der Waals surface area contributed by atoms with Crippen LogP contribution in [0.5, 0.6) is 5.75 Å². The molecule has 1 amide bonds. The monoisotopic (exact) mass is 376 g/mol. The summed E-state index contributed by atoms with van der Waals surface area (Å²) < 4.78 is 12.9. The summed E-state index contributed by atoms with van der Waals surface area (Å²) in [6.45, 7) is 12.2. The highest BCUT2D eigenvalue weighted by Crippen LogP contribution is 2.28. The van der Waals surface area contributed by atoms with Crippen molar-refractivity contribution in [3.05, 3.63) is 45.2 Å².